The number of ether oxygens (including phenoxy) is 2. The molecule has 0 N–H and O–H groups in total. The minimum absolute atomic E-state index is 0.206. The highest BCUT2D eigenvalue weighted by Gasteiger charge is 2.21. The van der Waals surface area contributed by atoms with Crippen molar-refractivity contribution in [1.82, 2.24) is 0 Å². The number of carbonyl (C=O) groups excluding carboxylic acids is 1. The number of benzene rings is 1. The van der Waals surface area contributed by atoms with Gasteiger partial charge in [-0.05, 0) is 44.2 Å². The van der Waals surface area contributed by atoms with Crippen LogP contribution in [0.3, 0.4) is 0 Å². The summed E-state index contributed by atoms with van der Waals surface area (Å²) >= 11 is 0. The fraction of sp³-hybridized carbons (Fsp3) is 0.500. The van der Waals surface area contributed by atoms with Crippen LogP contribution in [0.4, 0.5) is 5.69 Å². The van der Waals surface area contributed by atoms with Gasteiger partial charge in [0.25, 0.3) is 0 Å². The zero-order chi connectivity index (χ0) is 15.5. The highest BCUT2D eigenvalue weighted by molar-refractivity contribution is 5.93. The average Bonchev–Trinajstić information content (AvgIpc) is 3.18. The molecule has 1 aromatic carbocycles. The van der Waals surface area contributed by atoms with Crippen LogP contribution in [0.5, 0.6) is 11.5 Å². The van der Waals surface area contributed by atoms with Crippen molar-refractivity contribution in [2.24, 2.45) is 0 Å². The summed E-state index contributed by atoms with van der Waals surface area (Å²) < 4.78 is 11.6. The van der Waals surface area contributed by atoms with E-state index in [0.717, 1.165) is 42.1 Å². The third-order valence-corrected chi connectivity index (χ3v) is 4.52. The van der Waals surface area contributed by atoms with Crippen molar-refractivity contribution in [3.63, 3.8) is 0 Å². The van der Waals surface area contributed by atoms with Gasteiger partial charge in [-0.3, -0.25) is 4.79 Å². The first-order chi connectivity index (χ1) is 10.7. The summed E-state index contributed by atoms with van der Waals surface area (Å²) in [6, 6.07) is 5.96. The van der Waals surface area contributed by atoms with E-state index in [0.29, 0.717) is 12.5 Å². The van der Waals surface area contributed by atoms with Gasteiger partial charge >= 0.3 is 0 Å². The van der Waals surface area contributed by atoms with Crippen molar-refractivity contribution in [2.45, 2.75) is 44.6 Å². The van der Waals surface area contributed by atoms with Gasteiger partial charge in [-0.1, -0.05) is 0 Å². The van der Waals surface area contributed by atoms with Crippen LogP contribution in [0.25, 0.3) is 0 Å². The van der Waals surface area contributed by atoms with Gasteiger partial charge in [0.2, 0.25) is 0 Å². The standard InChI is InChI=1S/C18H23NO3/c1-19(13-7-9-15(20)11-13)14-8-10-17(21-2)18(12-14)22-16-5-3-4-6-16/h8,10-12,16H,3-7,9H2,1-2H3. The molecule has 0 atom stereocenters. The zero-order valence-electron chi connectivity index (χ0n) is 13.3. The second-order valence-electron chi connectivity index (χ2n) is 6.02. The van der Waals surface area contributed by atoms with Crippen LogP contribution in [0.2, 0.25) is 0 Å². The zero-order valence-corrected chi connectivity index (χ0v) is 13.3. The molecule has 1 aromatic rings. The maximum Gasteiger partial charge on any atom is 0.163 e. The van der Waals surface area contributed by atoms with E-state index in [1.165, 1.54) is 12.8 Å². The first kappa shape index (κ1) is 14.9. The van der Waals surface area contributed by atoms with Gasteiger partial charge in [0.1, 0.15) is 0 Å². The lowest BCUT2D eigenvalue weighted by molar-refractivity contribution is -0.114. The Kier molecular flexibility index (Phi) is 4.36. The van der Waals surface area contributed by atoms with Crippen molar-refractivity contribution in [2.75, 3.05) is 19.1 Å². The maximum atomic E-state index is 11.4. The van der Waals surface area contributed by atoms with E-state index in [-0.39, 0.29) is 5.78 Å². The van der Waals surface area contributed by atoms with Crippen molar-refractivity contribution >= 4 is 11.5 Å². The van der Waals surface area contributed by atoms with Gasteiger partial charge < -0.3 is 14.4 Å². The maximum absolute atomic E-state index is 11.4. The van der Waals surface area contributed by atoms with Crippen LogP contribution in [-0.4, -0.2) is 26.0 Å². The van der Waals surface area contributed by atoms with E-state index in [4.69, 9.17) is 9.47 Å². The fourth-order valence-corrected chi connectivity index (χ4v) is 3.16. The molecule has 0 spiro atoms. The number of hydrogen-bond acceptors (Lipinski definition) is 4. The third-order valence-electron chi connectivity index (χ3n) is 4.52. The van der Waals surface area contributed by atoms with E-state index in [1.54, 1.807) is 13.2 Å². The normalized spacial score (nSPS) is 18.5. The van der Waals surface area contributed by atoms with Crippen molar-refractivity contribution in [3.05, 3.63) is 30.0 Å². The summed E-state index contributed by atoms with van der Waals surface area (Å²) in [6.07, 6.45) is 8.15. The number of nitrogens with zero attached hydrogens (tertiary/aromatic N) is 1. The largest absolute Gasteiger partial charge is 0.493 e. The molecule has 22 heavy (non-hydrogen) atoms. The summed E-state index contributed by atoms with van der Waals surface area (Å²) in [7, 11) is 3.66. The highest BCUT2D eigenvalue weighted by Crippen LogP contribution is 2.36. The SMILES string of the molecule is COc1ccc(N(C)C2=CC(=O)CC2)cc1OC1CCCC1. The Morgan fingerprint density at radius 1 is 1.14 bits per heavy atom. The molecule has 4 nitrogen and oxygen atoms in total. The molecule has 2 aliphatic rings. The van der Waals surface area contributed by atoms with Crippen molar-refractivity contribution in [1.29, 1.82) is 0 Å². The Labute approximate surface area is 131 Å². The highest BCUT2D eigenvalue weighted by atomic mass is 16.5. The molecule has 1 fully saturated rings. The van der Waals surface area contributed by atoms with Crippen LogP contribution in [-0.2, 0) is 4.79 Å². The molecule has 4 heteroatoms. The predicted molar refractivity (Wildman–Crippen MR) is 86.6 cm³/mol. The molecule has 0 radical (unpaired) electrons. The van der Waals surface area contributed by atoms with E-state index in [2.05, 4.69) is 4.90 Å². The van der Waals surface area contributed by atoms with Gasteiger partial charge in [-0.15, -0.1) is 0 Å². The molecule has 0 saturated heterocycles. The second kappa shape index (κ2) is 6.42. The number of ketones is 1. The number of allylic oxidation sites excluding steroid dienone is 2. The Balaban J connectivity index is 1.82. The van der Waals surface area contributed by atoms with E-state index < -0.39 is 0 Å². The fourth-order valence-electron chi connectivity index (χ4n) is 3.16. The summed E-state index contributed by atoms with van der Waals surface area (Å²) in [5.74, 6) is 1.77. The molecule has 0 aromatic heterocycles. The molecule has 0 aliphatic heterocycles. The first-order valence-electron chi connectivity index (χ1n) is 7.99. The first-order valence-corrected chi connectivity index (χ1v) is 7.99. The van der Waals surface area contributed by atoms with Crippen molar-refractivity contribution < 1.29 is 14.3 Å². The van der Waals surface area contributed by atoms with Crippen LogP contribution in [0, 0.1) is 0 Å². The van der Waals surface area contributed by atoms with Gasteiger partial charge in [0.15, 0.2) is 17.3 Å². The van der Waals surface area contributed by atoms with Gasteiger partial charge in [-0.25, -0.2) is 0 Å². The Morgan fingerprint density at radius 3 is 2.55 bits per heavy atom. The predicted octanol–water partition coefficient (Wildman–Crippen LogP) is 3.70. The summed E-state index contributed by atoms with van der Waals surface area (Å²) in [4.78, 5) is 13.5. The Bertz CT molecular complexity index is 588. The lowest BCUT2D eigenvalue weighted by Gasteiger charge is -2.23. The second-order valence-corrected chi connectivity index (χ2v) is 6.02. The molecule has 0 bridgehead atoms. The van der Waals surface area contributed by atoms with Gasteiger partial charge in [0.05, 0.1) is 13.2 Å². The number of methoxy groups -OCH3 is 1. The lowest BCUT2D eigenvalue weighted by atomic mass is 10.2. The van der Waals surface area contributed by atoms with E-state index >= 15 is 0 Å². The minimum Gasteiger partial charge on any atom is -0.493 e. The lowest BCUT2D eigenvalue weighted by Crippen LogP contribution is -2.16. The van der Waals surface area contributed by atoms with Gasteiger partial charge in [0, 0.05) is 37.0 Å². The van der Waals surface area contributed by atoms with Crippen LogP contribution < -0.4 is 14.4 Å². The molecular weight excluding hydrogens is 278 g/mol. The molecular formula is C18H23NO3. The molecule has 0 unspecified atom stereocenters. The van der Waals surface area contributed by atoms with Crippen LogP contribution >= 0.6 is 0 Å². The third kappa shape index (κ3) is 3.11. The number of rotatable bonds is 5. The molecule has 0 amide bonds. The Hall–Kier alpha value is -1.97. The smallest absolute Gasteiger partial charge is 0.163 e. The van der Waals surface area contributed by atoms with Crippen LogP contribution in [0.1, 0.15) is 38.5 Å². The summed E-state index contributed by atoms with van der Waals surface area (Å²) in [6.45, 7) is 0. The number of carbonyl (C=O) groups is 1. The number of hydrogen-bond donors (Lipinski definition) is 0. The Morgan fingerprint density at radius 2 is 1.91 bits per heavy atom. The van der Waals surface area contributed by atoms with Crippen molar-refractivity contribution in [3.8, 4) is 11.5 Å². The average molecular weight is 301 g/mol. The van der Waals surface area contributed by atoms with E-state index in [1.807, 2.05) is 25.2 Å². The molecule has 1 saturated carbocycles. The number of anilines is 1. The molecule has 3 rings (SSSR count). The minimum atomic E-state index is 0.206. The topological polar surface area (TPSA) is 38.8 Å². The quantitative estimate of drug-likeness (QED) is 0.831. The summed E-state index contributed by atoms with van der Waals surface area (Å²) in [5.41, 5.74) is 2.08. The van der Waals surface area contributed by atoms with Gasteiger partial charge in [-0.2, -0.15) is 0 Å². The monoisotopic (exact) mass is 301 g/mol. The van der Waals surface area contributed by atoms with Crippen LogP contribution in [0.15, 0.2) is 30.0 Å². The van der Waals surface area contributed by atoms with E-state index in [9.17, 15) is 4.79 Å². The molecule has 0 heterocycles. The summed E-state index contributed by atoms with van der Waals surface area (Å²) in [5, 5.41) is 0. The molecule has 118 valence electrons. The molecule has 2 aliphatic carbocycles.